The van der Waals surface area contributed by atoms with Gasteiger partial charge < -0.3 is 10.6 Å². The maximum absolute atomic E-state index is 12.8. The Balaban J connectivity index is 1.80. The Morgan fingerprint density at radius 1 is 1.20 bits per heavy atom. The van der Waals surface area contributed by atoms with E-state index in [4.69, 9.17) is 0 Å². The van der Waals surface area contributed by atoms with Crippen LogP contribution in [-0.2, 0) is 10.0 Å². The predicted octanol–water partition coefficient (Wildman–Crippen LogP) is 1.65. The van der Waals surface area contributed by atoms with Crippen molar-refractivity contribution in [3.8, 4) is 0 Å². The lowest BCUT2D eigenvalue weighted by molar-refractivity contribution is 0.0930. The second kappa shape index (κ2) is 7.85. The van der Waals surface area contributed by atoms with Crippen LogP contribution in [0.4, 0.5) is 0 Å². The van der Waals surface area contributed by atoms with Gasteiger partial charge in [-0.05, 0) is 56.8 Å². The van der Waals surface area contributed by atoms with E-state index in [1.54, 1.807) is 12.1 Å². The first kappa shape index (κ1) is 18.4. The second-order valence-corrected chi connectivity index (χ2v) is 8.90. The molecular formula is C18H27N3O3S. The summed E-state index contributed by atoms with van der Waals surface area (Å²) >= 11 is 0. The maximum atomic E-state index is 12.8. The number of hydrogen-bond donors (Lipinski definition) is 2. The Morgan fingerprint density at radius 2 is 1.96 bits per heavy atom. The third-order valence-corrected chi connectivity index (χ3v) is 6.93. The third kappa shape index (κ3) is 4.22. The van der Waals surface area contributed by atoms with E-state index >= 15 is 0 Å². The number of benzene rings is 1. The molecule has 2 heterocycles. The Labute approximate surface area is 150 Å². The van der Waals surface area contributed by atoms with Crippen LogP contribution in [0.15, 0.2) is 23.1 Å². The molecule has 7 heteroatoms. The molecule has 1 aromatic carbocycles. The summed E-state index contributed by atoms with van der Waals surface area (Å²) in [5, 5.41) is 6.29. The van der Waals surface area contributed by atoms with Crippen molar-refractivity contribution in [2.24, 2.45) is 0 Å². The van der Waals surface area contributed by atoms with E-state index in [9.17, 15) is 13.2 Å². The Kier molecular flexibility index (Phi) is 5.76. The predicted molar refractivity (Wildman–Crippen MR) is 97.1 cm³/mol. The number of carbonyl (C=O) groups excluding carboxylic acids is 1. The van der Waals surface area contributed by atoms with E-state index in [-0.39, 0.29) is 16.8 Å². The minimum absolute atomic E-state index is 0.100. The van der Waals surface area contributed by atoms with Crippen molar-refractivity contribution in [1.29, 1.82) is 0 Å². The van der Waals surface area contributed by atoms with Gasteiger partial charge in [0.1, 0.15) is 0 Å². The van der Waals surface area contributed by atoms with Gasteiger partial charge in [0.15, 0.2) is 0 Å². The lowest BCUT2D eigenvalue weighted by Gasteiger charge is -2.26. The van der Waals surface area contributed by atoms with Gasteiger partial charge >= 0.3 is 0 Å². The highest BCUT2D eigenvalue weighted by atomic mass is 32.2. The highest BCUT2D eigenvalue weighted by Gasteiger charge is 2.27. The van der Waals surface area contributed by atoms with Crippen molar-refractivity contribution < 1.29 is 13.2 Å². The monoisotopic (exact) mass is 365 g/mol. The van der Waals surface area contributed by atoms with Gasteiger partial charge in [0.05, 0.1) is 4.90 Å². The quantitative estimate of drug-likeness (QED) is 0.850. The summed E-state index contributed by atoms with van der Waals surface area (Å²) in [5.74, 6) is -0.193. The molecule has 0 bridgehead atoms. The van der Waals surface area contributed by atoms with Crippen molar-refractivity contribution >= 4 is 15.9 Å². The lowest BCUT2D eigenvalue weighted by atomic mass is 10.1. The number of carbonyl (C=O) groups is 1. The number of amides is 1. The van der Waals surface area contributed by atoms with Gasteiger partial charge in [-0.3, -0.25) is 4.79 Å². The molecule has 2 aliphatic rings. The maximum Gasteiger partial charge on any atom is 0.251 e. The fourth-order valence-electron chi connectivity index (χ4n) is 3.50. The van der Waals surface area contributed by atoms with E-state index in [2.05, 4.69) is 10.6 Å². The first-order valence-corrected chi connectivity index (χ1v) is 10.5. The van der Waals surface area contributed by atoms with Gasteiger partial charge in [-0.2, -0.15) is 4.31 Å². The molecule has 1 aromatic rings. The summed E-state index contributed by atoms with van der Waals surface area (Å²) in [7, 11) is -3.53. The van der Waals surface area contributed by atoms with Crippen LogP contribution in [0.3, 0.4) is 0 Å². The van der Waals surface area contributed by atoms with Gasteiger partial charge in [0, 0.05) is 31.2 Å². The molecule has 1 amide bonds. The van der Waals surface area contributed by atoms with Crippen LogP contribution in [0.1, 0.15) is 48.0 Å². The molecular weight excluding hydrogens is 338 g/mol. The van der Waals surface area contributed by atoms with E-state index in [0.29, 0.717) is 18.7 Å². The van der Waals surface area contributed by atoms with Gasteiger partial charge in [-0.1, -0.05) is 12.5 Å². The molecule has 0 aromatic heterocycles. The topological polar surface area (TPSA) is 78.5 Å². The third-order valence-electron chi connectivity index (χ3n) is 5.04. The zero-order valence-corrected chi connectivity index (χ0v) is 15.6. The van der Waals surface area contributed by atoms with Crippen molar-refractivity contribution in [3.05, 3.63) is 29.3 Å². The van der Waals surface area contributed by atoms with Crippen LogP contribution in [0.2, 0.25) is 0 Å². The van der Waals surface area contributed by atoms with Gasteiger partial charge in [0.2, 0.25) is 10.0 Å². The van der Waals surface area contributed by atoms with E-state index in [0.717, 1.165) is 50.8 Å². The fourth-order valence-corrected chi connectivity index (χ4v) is 5.04. The molecule has 25 heavy (non-hydrogen) atoms. The first-order valence-electron chi connectivity index (χ1n) is 9.11. The smallest absolute Gasteiger partial charge is 0.251 e. The molecule has 0 saturated carbocycles. The Morgan fingerprint density at radius 3 is 2.64 bits per heavy atom. The van der Waals surface area contributed by atoms with E-state index in [1.165, 1.54) is 10.4 Å². The van der Waals surface area contributed by atoms with Gasteiger partial charge in [0.25, 0.3) is 5.91 Å². The summed E-state index contributed by atoms with van der Waals surface area (Å²) < 4.78 is 27.2. The van der Waals surface area contributed by atoms with Crippen molar-refractivity contribution in [2.45, 2.75) is 50.0 Å². The zero-order valence-electron chi connectivity index (χ0n) is 14.8. The number of nitrogens with one attached hydrogen (secondary N) is 2. The van der Waals surface area contributed by atoms with Crippen molar-refractivity contribution in [1.82, 2.24) is 14.9 Å². The number of piperidine rings is 2. The Bertz CT molecular complexity index is 721. The molecule has 1 atom stereocenters. The molecule has 0 radical (unpaired) electrons. The van der Waals surface area contributed by atoms with Crippen LogP contribution in [-0.4, -0.2) is 50.9 Å². The zero-order chi connectivity index (χ0) is 17.9. The standard InChI is InChI=1S/C18H27N3O3S/c1-14-7-8-16(25(23,24)21-10-3-2-4-11-21)12-17(14)18(22)20-15-6-5-9-19-13-15/h7-8,12,15,19H,2-6,9-11,13H2,1H3,(H,20,22). The molecule has 138 valence electrons. The SMILES string of the molecule is Cc1ccc(S(=O)(=O)N2CCCCC2)cc1C(=O)NC1CCCNC1. The van der Waals surface area contributed by atoms with Crippen LogP contribution in [0.25, 0.3) is 0 Å². The Hall–Kier alpha value is -1.44. The van der Waals surface area contributed by atoms with Crippen LogP contribution >= 0.6 is 0 Å². The highest BCUT2D eigenvalue weighted by Crippen LogP contribution is 2.23. The fraction of sp³-hybridized carbons (Fsp3) is 0.611. The molecule has 2 fully saturated rings. The highest BCUT2D eigenvalue weighted by molar-refractivity contribution is 7.89. The van der Waals surface area contributed by atoms with Crippen LogP contribution in [0, 0.1) is 6.92 Å². The minimum atomic E-state index is -3.53. The van der Waals surface area contributed by atoms with E-state index in [1.807, 2.05) is 6.92 Å². The number of aryl methyl sites for hydroxylation is 1. The first-order chi connectivity index (χ1) is 12.0. The van der Waals surface area contributed by atoms with E-state index < -0.39 is 10.0 Å². The van der Waals surface area contributed by atoms with Crippen LogP contribution < -0.4 is 10.6 Å². The average Bonchev–Trinajstić information content (AvgIpc) is 2.63. The molecule has 0 aliphatic carbocycles. The molecule has 6 nitrogen and oxygen atoms in total. The number of hydrogen-bond acceptors (Lipinski definition) is 4. The van der Waals surface area contributed by atoms with Gasteiger partial charge in [-0.25, -0.2) is 8.42 Å². The summed E-state index contributed by atoms with van der Waals surface area (Å²) in [6, 6.07) is 4.97. The summed E-state index contributed by atoms with van der Waals surface area (Å²) in [5.41, 5.74) is 1.24. The lowest BCUT2D eigenvalue weighted by Crippen LogP contribution is -2.45. The molecule has 3 rings (SSSR count). The van der Waals surface area contributed by atoms with Crippen molar-refractivity contribution in [2.75, 3.05) is 26.2 Å². The summed E-state index contributed by atoms with van der Waals surface area (Å²) in [6.07, 6.45) is 4.85. The minimum Gasteiger partial charge on any atom is -0.348 e. The molecule has 2 N–H and O–H groups in total. The number of nitrogens with zero attached hydrogens (tertiary/aromatic N) is 1. The normalized spacial score (nSPS) is 22.5. The second-order valence-electron chi connectivity index (χ2n) is 6.96. The average molecular weight is 365 g/mol. The van der Waals surface area contributed by atoms with Crippen LogP contribution in [0.5, 0.6) is 0 Å². The summed E-state index contributed by atoms with van der Waals surface area (Å²) in [6.45, 7) is 4.70. The molecule has 2 saturated heterocycles. The van der Waals surface area contributed by atoms with Crippen molar-refractivity contribution in [3.63, 3.8) is 0 Å². The summed E-state index contributed by atoms with van der Waals surface area (Å²) in [4.78, 5) is 12.9. The number of rotatable bonds is 4. The van der Waals surface area contributed by atoms with Gasteiger partial charge in [-0.15, -0.1) is 0 Å². The molecule has 1 unspecified atom stereocenters. The molecule has 0 spiro atoms. The molecule has 2 aliphatic heterocycles. The largest absolute Gasteiger partial charge is 0.348 e. The number of sulfonamides is 1.